The third-order valence-electron chi connectivity index (χ3n) is 6.02. The van der Waals surface area contributed by atoms with E-state index in [2.05, 4.69) is 5.10 Å². The van der Waals surface area contributed by atoms with E-state index in [-0.39, 0.29) is 11.7 Å². The van der Waals surface area contributed by atoms with Gasteiger partial charge in [-0.05, 0) is 41.7 Å². The van der Waals surface area contributed by atoms with Crippen molar-refractivity contribution >= 4 is 11.6 Å². The Kier molecular flexibility index (Phi) is 5.74. The van der Waals surface area contributed by atoms with Crippen LogP contribution in [-0.2, 0) is 18.4 Å². The Labute approximate surface area is 195 Å². The highest BCUT2D eigenvalue weighted by atomic mass is 19.1. The molecule has 5 rings (SSSR count). The van der Waals surface area contributed by atoms with Crippen LogP contribution in [0.4, 0.5) is 10.1 Å². The van der Waals surface area contributed by atoms with Gasteiger partial charge in [-0.1, -0.05) is 30.3 Å². The molecule has 34 heavy (non-hydrogen) atoms. The largest absolute Gasteiger partial charge is 0.628 e. The second-order valence-corrected chi connectivity index (χ2v) is 8.35. The van der Waals surface area contributed by atoms with Gasteiger partial charge in [0.2, 0.25) is 5.75 Å². The number of quaternary nitrogens is 1. The summed E-state index contributed by atoms with van der Waals surface area (Å²) < 4.78 is 21.8. The highest BCUT2D eigenvalue weighted by molar-refractivity contribution is 6.01. The second-order valence-electron chi connectivity index (χ2n) is 8.35. The molecule has 3 aromatic rings. The summed E-state index contributed by atoms with van der Waals surface area (Å²) >= 11 is 0. The molecule has 0 saturated heterocycles. The van der Waals surface area contributed by atoms with Crippen LogP contribution in [0.5, 0.6) is 5.75 Å². The zero-order chi connectivity index (χ0) is 23.8. The molecular weight excluding hydrogens is 439 g/mol. The van der Waals surface area contributed by atoms with Gasteiger partial charge < -0.3 is 25.3 Å². The minimum Gasteiger partial charge on any atom is -0.628 e. The number of nitrogens with one attached hydrogen (secondary N) is 1. The number of aromatic nitrogens is 2. The molecule has 0 unspecified atom stereocenters. The first-order chi connectivity index (χ1) is 16.4. The molecule has 0 fully saturated rings. The van der Waals surface area contributed by atoms with Gasteiger partial charge in [0, 0.05) is 38.0 Å². The van der Waals surface area contributed by atoms with Crippen molar-refractivity contribution in [2.75, 3.05) is 6.54 Å². The second kappa shape index (κ2) is 8.86. The minimum atomic E-state index is -1.55. The number of carbonyl (C=O) groups excluding carboxylic acids is 1. The van der Waals surface area contributed by atoms with E-state index in [1.165, 1.54) is 12.1 Å². The third-order valence-corrected chi connectivity index (χ3v) is 6.02. The van der Waals surface area contributed by atoms with Crippen LogP contribution in [0.3, 0.4) is 0 Å². The molecule has 1 N–H and O–H groups in total. The van der Waals surface area contributed by atoms with Crippen LogP contribution in [0.15, 0.2) is 77.8 Å². The van der Waals surface area contributed by atoms with Gasteiger partial charge in [-0.25, -0.2) is 4.39 Å². The Morgan fingerprint density at radius 2 is 1.94 bits per heavy atom. The summed E-state index contributed by atoms with van der Waals surface area (Å²) in [6.45, 7) is 0.861. The van der Waals surface area contributed by atoms with Gasteiger partial charge in [-0.15, -0.1) is 0 Å². The standard InChI is InChI=1S/C25H22FN4O4/c1-28-14-19(12-27-28)17-10-8-16(9-11-17)13-29-15-18-4-2-7-22(23(18)25(29)31)34-24-20(26)5-3-6-21(24)30(32)33/h3,5-12,14,30H,2,4,13,15H2,1H3/q-1. The monoisotopic (exact) mass is 461 g/mol. The molecule has 0 spiro atoms. The molecule has 1 aliphatic heterocycles. The van der Waals surface area contributed by atoms with Crippen molar-refractivity contribution in [3.63, 3.8) is 0 Å². The Balaban J connectivity index is 1.33. The average molecular weight is 461 g/mol. The summed E-state index contributed by atoms with van der Waals surface area (Å²) in [5.41, 5.74) is 3.91. The average Bonchev–Trinajstić information content (AvgIpc) is 3.39. The van der Waals surface area contributed by atoms with Gasteiger partial charge in [-0.2, -0.15) is 5.10 Å². The lowest BCUT2D eigenvalue weighted by atomic mass is 9.98. The van der Waals surface area contributed by atoms with Crippen molar-refractivity contribution in [1.29, 1.82) is 0 Å². The van der Waals surface area contributed by atoms with E-state index in [1.807, 2.05) is 37.5 Å². The van der Waals surface area contributed by atoms with Crippen molar-refractivity contribution in [3.05, 3.63) is 99.6 Å². The lowest BCUT2D eigenvalue weighted by Crippen LogP contribution is -2.96. The maximum absolute atomic E-state index is 14.4. The normalized spacial score (nSPS) is 15.7. The highest BCUT2D eigenvalue weighted by Crippen LogP contribution is 2.37. The molecular formula is C25H22FN4O4-. The first-order valence-corrected chi connectivity index (χ1v) is 10.9. The molecule has 8 nitrogen and oxygen atoms in total. The Morgan fingerprint density at radius 1 is 1.15 bits per heavy atom. The van der Waals surface area contributed by atoms with Gasteiger partial charge in [0.1, 0.15) is 5.76 Å². The molecule has 2 aromatic carbocycles. The van der Waals surface area contributed by atoms with Crippen LogP contribution < -0.4 is 9.96 Å². The van der Waals surface area contributed by atoms with Crippen LogP contribution in [0.1, 0.15) is 18.4 Å². The third kappa shape index (κ3) is 4.12. The van der Waals surface area contributed by atoms with E-state index in [1.54, 1.807) is 21.9 Å². The summed E-state index contributed by atoms with van der Waals surface area (Å²) in [4.78, 5) is 15.0. The van der Waals surface area contributed by atoms with Crippen LogP contribution in [0, 0.1) is 16.2 Å². The fraction of sp³-hybridized carbons (Fsp3) is 0.200. The van der Waals surface area contributed by atoms with Crippen molar-refractivity contribution < 1.29 is 19.1 Å². The van der Waals surface area contributed by atoms with E-state index in [0.29, 0.717) is 31.5 Å². The molecule has 0 saturated carbocycles. The number of nitrogens with zero attached hydrogens (tertiary/aromatic N) is 3. The van der Waals surface area contributed by atoms with Crippen LogP contribution in [0.25, 0.3) is 11.1 Å². The fourth-order valence-electron chi connectivity index (χ4n) is 4.35. The van der Waals surface area contributed by atoms with Crippen LogP contribution in [0.2, 0.25) is 0 Å². The number of ether oxygens (including phenoxy) is 1. The number of rotatable bonds is 6. The predicted molar refractivity (Wildman–Crippen MR) is 123 cm³/mol. The fourth-order valence-corrected chi connectivity index (χ4v) is 4.35. The molecule has 0 radical (unpaired) electrons. The smallest absolute Gasteiger partial charge is 0.258 e. The number of para-hydroxylation sites is 1. The van der Waals surface area contributed by atoms with Gasteiger partial charge >= 0.3 is 0 Å². The molecule has 9 heteroatoms. The first-order valence-electron chi connectivity index (χ1n) is 10.9. The Morgan fingerprint density at radius 3 is 2.65 bits per heavy atom. The number of benzene rings is 2. The van der Waals surface area contributed by atoms with Gasteiger partial charge in [0.05, 0.1) is 11.8 Å². The quantitative estimate of drug-likeness (QED) is 0.569. The lowest BCUT2D eigenvalue weighted by Gasteiger charge is -2.27. The zero-order valence-electron chi connectivity index (χ0n) is 18.5. The molecule has 2 aliphatic rings. The number of hydrogen-bond donors (Lipinski definition) is 1. The molecule has 1 amide bonds. The topological polar surface area (TPSA) is 97.9 Å². The summed E-state index contributed by atoms with van der Waals surface area (Å²) in [5.74, 6) is -1.30. The van der Waals surface area contributed by atoms with E-state index in [0.717, 1.165) is 28.3 Å². The molecule has 174 valence electrons. The van der Waals surface area contributed by atoms with E-state index >= 15 is 0 Å². The maximum atomic E-state index is 14.4. The van der Waals surface area contributed by atoms with Crippen molar-refractivity contribution in [2.24, 2.45) is 7.05 Å². The molecule has 1 aliphatic carbocycles. The first kappa shape index (κ1) is 22.0. The number of hydrogen-bond acceptors (Lipinski definition) is 5. The predicted octanol–water partition coefficient (Wildman–Crippen LogP) is 3.13. The van der Waals surface area contributed by atoms with Gasteiger partial charge in [0.15, 0.2) is 11.5 Å². The highest BCUT2D eigenvalue weighted by Gasteiger charge is 2.35. The Bertz CT molecular complexity index is 1310. The van der Waals surface area contributed by atoms with Gasteiger partial charge in [-0.3, -0.25) is 9.48 Å². The summed E-state index contributed by atoms with van der Waals surface area (Å²) in [7, 11) is 1.86. The zero-order valence-corrected chi connectivity index (χ0v) is 18.5. The van der Waals surface area contributed by atoms with Crippen molar-refractivity contribution in [2.45, 2.75) is 19.4 Å². The number of carbonyl (C=O) groups is 1. The molecule has 1 aromatic heterocycles. The number of aryl methyl sites for hydroxylation is 1. The van der Waals surface area contributed by atoms with Crippen molar-refractivity contribution in [3.8, 4) is 16.9 Å². The van der Waals surface area contributed by atoms with Crippen LogP contribution in [-0.4, -0.2) is 27.1 Å². The van der Waals surface area contributed by atoms with E-state index in [4.69, 9.17) is 4.74 Å². The summed E-state index contributed by atoms with van der Waals surface area (Å²) in [6, 6.07) is 11.5. The number of amides is 1. The summed E-state index contributed by atoms with van der Waals surface area (Å²) in [6.07, 6.45) is 6.74. The van der Waals surface area contributed by atoms with Crippen molar-refractivity contribution in [1.82, 2.24) is 14.7 Å². The molecule has 2 heterocycles. The summed E-state index contributed by atoms with van der Waals surface area (Å²) in [5, 5.41) is 25.5. The molecule has 0 bridgehead atoms. The minimum absolute atomic E-state index is 0.188. The molecule has 0 atom stereocenters. The number of allylic oxidation sites excluding steroid dienone is 1. The number of halogens is 1. The maximum Gasteiger partial charge on any atom is 0.258 e. The van der Waals surface area contributed by atoms with E-state index < -0.39 is 22.5 Å². The Hall–Kier alpha value is -3.79. The van der Waals surface area contributed by atoms with Gasteiger partial charge in [0.25, 0.3) is 5.91 Å². The lowest BCUT2D eigenvalue weighted by molar-refractivity contribution is -0.715. The SMILES string of the molecule is Cn1cc(-c2ccc(CN3CC4=C(C3=O)C(Oc3c(F)cccc3[NH+]([O-])[O-])=CCC4)cc2)cn1. The van der Waals surface area contributed by atoms with Crippen LogP contribution >= 0.6 is 0 Å². The van der Waals surface area contributed by atoms with E-state index in [9.17, 15) is 19.6 Å².